The topological polar surface area (TPSA) is 16.4 Å². The van der Waals surface area contributed by atoms with Crippen LogP contribution >= 0.6 is 0 Å². The van der Waals surface area contributed by atoms with Gasteiger partial charge in [-0.15, -0.1) is 0 Å². The Bertz CT molecular complexity index is 1220. The maximum Gasteiger partial charge on any atom is 0.135 e. The summed E-state index contributed by atoms with van der Waals surface area (Å²) in [6, 6.07) is 22.5. The first-order valence-electron chi connectivity index (χ1n) is 9.86. The van der Waals surface area contributed by atoms with E-state index in [1.165, 1.54) is 33.2 Å². The van der Waals surface area contributed by atoms with E-state index < -0.39 is 0 Å². The van der Waals surface area contributed by atoms with Crippen LogP contribution in [0.15, 0.2) is 65.1 Å². The van der Waals surface area contributed by atoms with E-state index in [2.05, 4.69) is 80.3 Å². The molecule has 1 saturated heterocycles. The third-order valence-electron chi connectivity index (χ3n) is 7.09. The van der Waals surface area contributed by atoms with Crippen molar-refractivity contribution in [2.75, 3.05) is 11.4 Å². The van der Waals surface area contributed by atoms with Crippen molar-refractivity contribution >= 4 is 27.6 Å². The van der Waals surface area contributed by atoms with E-state index in [4.69, 9.17) is 4.42 Å². The lowest BCUT2D eigenvalue weighted by atomic mass is 9.67. The largest absolute Gasteiger partial charge is 0.456 e. The molecule has 3 atom stereocenters. The average Bonchev–Trinajstić information content (AvgIpc) is 3.26. The highest BCUT2D eigenvalue weighted by Gasteiger charge is 2.55. The summed E-state index contributed by atoms with van der Waals surface area (Å²) >= 11 is 0. The molecule has 27 heavy (non-hydrogen) atoms. The molecule has 0 amide bonds. The minimum absolute atomic E-state index is 0.161. The van der Waals surface area contributed by atoms with Crippen molar-refractivity contribution in [3.63, 3.8) is 0 Å². The van der Waals surface area contributed by atoms with Crippen molar-refractivity contribution in [1.82, 2.24) is 0 Å². The molecule has 6 rings (SSSR count). The number of aryl methyl sites for hydroxylation is 1. The Morgan fingerprint density at radius 3 is 2.63 bits per heavy atom. The Morgan fingerprint density at radius 2 is 1.74 bits per heavy atom. The predicted molar refractivity (Wildman–Crippen MR) is 112 cm³/mol. The van der Waals surface area contributed by atoms with Crippen LogP contribution in [0.1, 0.15) is 36.5 Å². The summed E-state index contributed by atoms with van der Waals surface area (Å²) < 4.78 is 6.11. The first kappa shape index (κ1) is 15.3. The van der Waals surface area contributed by atoms with Gasteiger partial charge in [0.15, 0.2) is 0 Å². The lowest BCUT2D eigenvalue weighted by Crippen LogP contribution is -2.35. The highest BCUT2D eigenvalue weighted by Crippen LogP contribution is 2.58. The zero-order valence-electron chi connectivity index (χ0n) is 16.0. The molecule has 3 aromatic carbocycles. The van der Waals surface area contributed by atoms with Gasteiger partial charge in [-0.2, -0.15) is 0 Å². The fourth-order valence-electron chi connectivity index (χ4n) is 5.90. The van der Waals surface area contributed by atoms with Crippen LogP contribution in [0, 0.1) is 6.92 Å². The molecule has 2 nitrogen and oxygen atoms in total. The van der Waals surface area contributed by atoms with Crippen molar-refractivity contribution in [3.8, 4) is 0 Å². The molecular formula is C25H23NO. The van der Waals surface area contributed by atoms with Gasteiger partial charge in [-0.1, -0.05) is 43.3 Å². The summed E-state index contributed by atoms with van der Waals surface area (Å²) in [5, 5.41) is 2.46. The number of rotatable bonds is 1. The van der Waals surface area contributed by atoms with E-state index in [0.29, 0.717) is 12.0 Å². The molecule has 2 heteroatoms. The number of para-hydroxylation sites is 2. The molecular weight excluding hydrogens is 330 g/mol. The second-order valence-corrected chi connectivity index (χ2v) is 8.58. The number of anilines is 1. The third-order valence-corrected chi connectivity index (χ3v) is 7.09. The van der Waals surface area contributed by atoms with E-state index in [9.17, 15) is 0 Å². The molecule has 0 radical (unpaired) electrons. The molecule has 1 fully saturated rings. The van der Waals surface area contributed by atoms with Crippen LogP contribution in [0.5, 0.6) is 0 Å². The molecule has 2 aliphatic rings. The monoisotopic (exact) mass is 353 g/mol. The normalized spacial score (nSPS) is 26.3. The van der Waals surface area contributed by atoms with Gasteiger partial charge in [-0.25, -0.2) is 0 Å². The molecule has 2 unspecified atom stereocenters. The molecule has 0 aliphatic carbocycles. The predicted octanol–water partition coefficient (Wildman–Crippen LogP) is 6.16. The van der Waals surface area contributed by atoms with Crippen LogP contribution in [0.3, 0.4) is 0 Å². The summed E-state index contributed by atoms with van der Waals surface area (Å²) in [4.78, 5) is 2.61. The van der Waals surface area contributed by atoms with E-state index in [-0.39, 0.29) is 5.41 Å². The lowest BCUT2D eigenvalue weighted by molar-refractivity contribution is 0.435. The summed E-state index contributed by atoms with van der Waals surface area (Å²) in [6.07, 6.45) is 0. The average molecular weight is 353 g/mol. The third kappa shape index (κ3) is 1.81. The zero-order chi connectivity index (χ0) is 18.3. The molecule has 4 aromatic rings. The second-order valence-electron chi connectivity index (χ2n) is 8.58. The smallest absolute Gasteiger partial charge is 0.135 e. The molecule has 134 valence electrons. The molecule has 2 bridgehead atoms. The van der Waals surface area contributed by atoms with Crippen molar-refractivity contribution < 1.29 is 4.42 Å². The number of fused-ring (bicyclic) bond motifs is 8. The van der Waals surface area contributed by atoms with Crippen LogP contribution in [-0.2, 0) is 5.41 Å². The Morgan fingerprint density at radius 1 is 0.963 bits per heavy atom. The van der Waals surface area contributed by atoms with Gasteiger partial charge in [0.1, 0.15) is 11.2 Å². The van der Waals surface area contributed by atoms with Gasteiger partial charge in [0.2, 0.25) is 0 Å². The SMILES string of the molecule is Cc1cc2oc3ccccc3c2cc1C1[C@@H](C)N2CC1(C)c1ccccc12. The van der Waals surface area contributed by atoms with Crippen LogP contribution in [0.25, 0.3) is 21.9 Å². The summed E-state index contributed by atoms with van der Waals surface area (Å²) in [6.45, 7) is 8.20. The number of hydrogen-bond donors (Lipinski definition) is 0. The Kier molecular flexibility index (Phi) is 2.81. The maximum absolute atomic E-state index is 6.11. The quantitative estimate of drug-likeness (QED) is 0.407. The molecule has 0 saturated carbocycles. The Labute approximate surface area is 159 Å². The Hall–Kier alpha value is -2.74. The van der Waals surface area contributed by atoms with E-state index in [1.807, 2.05) is 6.07 Å². The van der Waals surface area contributed by atoms with Gasteiger partial charge < -0.3 is 9.32 Å². The molecule has 2 aliphatic heterocycles. The minimum atomic E-state index is 0.161. The van der Waals surface area contributed by atoms with Gasteiger partial charge in [-0.3, -0.25) is 0 Å². The van der Waals surface area contributed by atoms with Gasteiger partial charge in [0.25, 0.3) is 0 Å². The lowest BCUT2D eigenvalue weighted by Gasteiger charge is -2.38. The first-order chi connectivity index (χ1) is 13.1. The van der Waals surface area contributed by atoms with Crippen LogP contribution < -0.4 is 4.90 Å². The maximum atomic E-state index is 6.11. The summed E-state index contributed by atoms with van der Waals surface area (Å²) in [7, 11) is 0. The number of benzene rings is 3. The first-order valence-corrected chi connectivity index (χ1v) is 9.86. The number of furan rings is 1. The highest BCUT2D eigenvalue weighted by atomic mass is 16.3. The van der Waals surface area contributed by atoms with Crippen molar-refractivity contribution in [2.45, 2.75) is 38.1 Å². The van der Waals surface area contributed by atoms with Crippen LogP contribution in [-0.4, -0.2) is 12.6 Å². The standard InChI is InChI=1S/C25H23NO/c1-15-12-23-19(17-8-4-7-11-22(17)27-23)13-18(15)24-16(2)26-14-25(24,3)20-9-5-6-10-21(20)26/h4-13,16,24H,14H2,1-3H3/t16-,24?,25?/m1/s1. The fourth-order valence-corrected chi connectivity index (χ4v) is 5.90. The van der Waals surface area contributed by atoms with Gasteiger partial charge in [0.05, 0.1) is 0 Å². The van der Waals surface area contributed by atoms with E-state index in [1.54, 1.807) is 0 Å². The van der Waals surface area contributed by atoms with Gasteiger partial charge >= 0.3 is 0 Å². The van der Waals surface area contributed by atoms with E-state index >= 15 is 0 Å². The molecule has 0 spiro atoms. The number of hydrogen-bond acceptors (Lipinski definition) is 2. The summed E-state index contributed by atoms with van der Waals surface area (Å²) in [5.74, 6) is 0.491. The molecule has 1 aromatic heterocycles. The van der Waals surface area contributed by atoms with Gasteiger partial charge in [0, 0.05) is 40.4 Å². The zero-order valence-corrected chi connectivity index (χ0v) is 16.0. The van der Waals surface area contributed by atoms with E-state index in [0.717, 1.165) is 17.7 Å². The summed E-state index contributed by atoms with van der Waals surface area (Å²) in [5.41, 5.74) is 7.88. The minimum Gasteiger partial charge on any atom is -0.456 e. The molecule has 3 heterocycles. The van der Waals surface area contributed by atoms with Crippen LogP contribution in [0.4, 0.5) is 5.69 Å². The molecule has 0 N–H and O–H groups in total. The fraction of sp³-hybridized carbons (Fsp3) is 0.280. The number of nitrogens with zero attached hydrogens (tertiary/aromatic N) is 1. The van der Waals surface area contributed by atoms with Crippen LogP contribution in [0.2, 0.25) is 0 Å². The van der Waals surface area contributed by atoms with Crippen molar-refractivity contribution in [3.05, 3.63) is 77.4 Å². The highest BCUT2D eigenvalue weighted by molar-refractivity contribution is 6.05. The van der Waals surface area contributed by atoms with Gasteiger partial charge in [-0.05, 0) is 54.8 Å². The van der Waals surface area contributed by atoms with Crippen molar-refractivity contribution in [1.29, 1.82) is 0 Å². The van der Waals surface area contributed by atoms with Crippen molar-refractivity contribution in [2.24, 2.45) is 0 Å². The second kappa shape index (κ2) is 4.95. The Balaban J connectivity index is 1.60.